The van der Waals surface area contributed by atoms with E-state index in [1.54, 1.807) is 23.1 Å². The van der Waals surface area contributed by atoms with E-state index in [1.165, 1.54) is 6.21 Å². The summed E-state index contributed by atoms with van der Waals surface area (Å²) in [7, 11) is -3.81. The van der Waals surface area contributed by atoms with Gasteiger partial charge >= 0.3 is 12.1 Å². The molecule has 1 aliphatic heterocycles. The molecule has 9 nitrogen and oxygen atoms in total. The zero-order chi connectivity index (χ0) is 27.2. The fraction of sp³-hybridized carbons (Fsp3) is 0.208. The number of hydrazone groups is 1. The first-order valence-corrected chi connectivity index (χ1v) is 12.3. The van der Waals surface area contributed by atoms with Crippen molar-refractivity contribution >= 4 is 38.9 Å². The number of aliphatic carboxylic acids is 1. The number of fused-ring (bicyclic) bond motifs is 1. The zero-order valence-corrected chi connectivity index (χ0v) is 20.0. The van der Waals surface area contributed by atoms with E-state index < -0.39 is 28.2 Å². The highest BCUT2D eigenvalue weighted by Crippen LogP contribution is 2.21. The number of nitrogens with two attached hydrogens (primary N) is 1. The third-order valence-electron chi connectivity index (χ3n) is 5.42. The predicted molar refractivity (Wildman–Crippen MR) is 130 cm³/mol. The molecule has 1 unspecified atom stereocenters. The summed E-state index contributed by atoms with van der Waals surface area (Å²) in [4.78, 5) is 23.5. The van der Waals surface area contributed by atoms with Crippen molar-refractivity contribution in [2.24, 2.45) is 10.9 Å². The van der Waals surface area contributed by atoms with Crippen LogP contribution < -0.4 is 10.6 Å². The van der Waals surface area contributed by atoms with E-state index in [9.17, 15) is 26.4 Å². The van der Waals surface area contributed by atoms with Gasteiger partial charge in [-0.05, 0) is 46.5 Å². The maximum absolute atomic E-state index is 12.9. The van der Waals surface area contributed by atoms with Gasteiger partial charge < -0.3 is 15.8 Å². The molecule has 0 aliphatic carbocycles. The molecule has 0 bridgehead atoms. The number of rotatable bonds is 6. The molecule has 1 heterocycles. The van der Waals surface area contributed by atoms with E-state index in [2.05, 4.69) is 9.82 Å². The third kappa shape index (κ3) is 7.27. The van der Waals surface area contributed by atoms with Gasteiger partial charge in [0.05, 0.1) is 11.1 Å². The molecule has 1 aliphatic rings. The summed E-state index contributed by atoms with van der Waals surface area (Å²) in [5, 5.41) is 12.4. The molecular weight excluding hydrogens is 513 g/mol. The summed E-state index contributed by atoms with van der Waals surface area (Å²) in [6, 6.07) is 19.3. The van der Waals surface area contributed by atoms with Gasteiger partial charge in [-0.25, -0.2) is 13.2 Å². The van der Waals surface area contributed by atoms with Gasteiger partial charge in [-0.15, -0.1) is 0 Å². The number of hydrogen-bond donors (Lipinski definition) is 3. The van der Waals surface area contributed by atoms with Crippen molar-refractivity contribution in [2.45, 2.75) is 30.1 Å². The van der Waals surface area contributed by atoms with Gasteiger partial charge in [0.2, 0.25) is 15.9 Å². The minimum absolute atomic E-state index is 0.154. The summed E-state index contributed by atoms with van der Waals surface area (Å²) in [5.74, 6) is 2.21. The SMILES string of the molecule is NN=Cc1cccc(CN2CCC(NS(=O)(=O)c3ccc4ccccc4c3)C2=O)c1.O=C(O)C(F)(F)F. The second-order valence-corrected chi connectivity index (χ2v) is 9.77. The number of carbonyl (C=O) groups excluding carboxylic acids is 1. The molecule has 37 heavy (non-hydrogen) atoms. The topological polar surface area (TPSA) is 142 Å². The van der Waals surface area contributed by atoms with Crippen LogP contribution in [-0.2, 0) is 26.2 Å². The number of carboxylic acid groups (broad SMARTS) is 1. The monoisotopic (exact) mass is 536 g/mol. The van der Waals surface area contributed by atoms with Crippen LogP contribution in [0, 0.1) is 0 Å². The number of benzene rings is 3. The van der Waals surface area contributed by atoms with Crippen molar-refractivity contribution in [3.63, 3.8) is 0 Å². The van der Waals surface area contributed by atoms with Crippen molar-refractivity contribution in [3.05, 3.63) is 77.9 Å². The highest BCUT2D eigenvalue weighted by Gasteiger charge is 2.38. The molecule has 4 N–H and O–H groups in total. The molecule has 1 fully saturated rings. The van der Waals surface area contributed by atoms with Gasteiger partial charge in [-0.1, -0.05) is 48.5 Å². The van der Waals surface area contributed by atoms with Crippen LogP contribution in [0.5, 0.6) is 0 Å². The van der Waals surface area contributed by atoms with Crippen LogP contribution in [-0.4, -0.2) is 55.3 Å². The first-order chi connectivity index (χ1) is 17.4. The molecule has 0 aromatic heterocycles. The average Bonchev–Trinajstić information content (AvgIpc) is 3.17. The number of sulfonamides is 1. The molecule has 3 aromatic rings. The van der Waals surface area contributed by atoms with Crippen molar-refractivity contribution in [1.82, 2.24) is 9.62 Å². The quantitative estimate of drug-likeness (QED) is 0.251. The second kappa shape index (κ2) is 11.4. The third-order valence-corrected chi connectivity index (χ3v) is 6.89. The lowest BCUT2D eigenvalue weighted by molar-refractivity contribution is -0.192. The lowest BCUT2D eigenvalue weighted by atomic mass is 10.1. The van der Waals surface area contributed by atoms with Crippen LogP contribution in [0.15, 0.2) is 76.7 Å². The van der Waals surface area contributed by atoms with Crippen LogP contribution >= 0.6 is 0 Å². The molecule has 196 valence electrons. The highest BCUT2D eigenvalue weighted by molar-refractivity contribution is 7.89. The standard InChI is InChI=1S/C22H22N4O3S.C2HF3O2/c23-24-14-16-4-3-5-17(12-16)15-26-11-10-21(22(26)27)25-30(28,29)20-9-8-18-6-1-2-7-19(18)13-20;3-2(4,5)1(6)7/h1-9,12-14,21,25H,10-11,15,23H2;(H,6,7). The summed E-state index contributed by atoms with van der Waals surface area (Å²) >= 11 is 0. The Bertz CT molecular complexity index is 1430. The van der Waals surface area contributed by atoms with Crippen LogP contribution in [0.3, 0.4) is 0 Å². The first-order valence-electron chi connectivity index (χ1n) is 10.8. The predicted octanol–water partition coefficient (Wildman–Crippen LogP) is 2.85. The van der Waals surface area contributed by atoms with E-state index in [4.69, 9.17) is 15.7 Å². The Morgan fingerprint density at radius 2 is 1.78 bits per heavy atom. The second-order valence-electron chi connectivity index (χ2n) is 8.06. The number of nitrogens with one attached hydrogen (secondary N) is 1. The Morgan fingerprint density at radius 1 is 1.11 bits per heavy atom. The van der Waals surface area contributed by atoms with E-state index in [0.717, 1.165) is 21.9 Å². The van der Waals surface area contributed by atoms with Gasteiger partial charge in [-0.2, -0.15) is 23.0 Å². The van der Waals surface area contributed by atoms with Crippen LogP contribution in [0.2, 0.25) is 0 Å². The Hall–Kier alpha value is -3.97. The van der Waals surface area contributed by atoms with Gasteiger partial charge in [0.25, 0.3) is 0 Å². The summed E-state index contributed by atoms with van der Waals surface area (Å²) in [6.45, 7) is 0.887. The number of nitrogens with zero attached hydrogens (tertiary/aromatic N) is 2. The molecule has 0 saturated carbocycles. The van der Waals surface area contributed by atoms with Crippen LogP contribution in [0.4, 0.5) is 13.2 Å². The molecule has 0 radical (unpaired) electrons. The van der Waals surface area contributed by atoms with E-state index in [-0.39, 0.29) is 10.8 Å². The van der Waals surface area contributed by atoms with E-state index in [1.807, 2.05) is 48.5 Å². The Balaban J connectivity index is 0.000000479. The number of hydrogen-bond acceptors (Lipinski definition) is 6. The molecule has 1 saturated heterocycles. The molecule has 3 aromatic carbocycles. The molecular formula is C24H23F3N4O5S. The molecule has 0 spiro atoms. The van der Waals surface area contributed by atoms with Gasteiger partial charge in [0, 0.05) is 13.1 Å². The normalized spacial score (nSPS) is 16.1. The fourth-order valence-electron chi connectivity index (χ4n) is 3.67. The van der Waals surface area contributed by atoms with Gasteiger partial charge in [0.1, 0.15) is 6.04 Å². The summed E-state index contributed by atoms with van der Waals surface area (Å²) in [6.07, 6.45) is -3.12. The Labute approximate surface area is 210 Å². The zero-order valence-electron chi connectivity index (χ0n) is 19.2. The lowest BCUT2D eigenvalue weighted by Crippen LogP contribution is -2.41. The molecule has 13 heteroatoms. The minimum Gasteiger partial charge on any atom is -0.475 e. The van der Waals surface area contributed by atoms with Gasteiger partial charge in [-0.3, -0.25) is 4.79 Å². The Morgan fingerprint density at radius 3 is 2.43 bits per heavy atom. The largest absolute Gasteiger partial charge is 0.490 e. The maximum atomic E-state index is 12.9. The Kier molecular flexibility index (Phi) is 8.50. The number of amides is 1. The number of carbonyl (C=O) groups is 2. The van der Waals surface area contributed by atoms with E-state index in [0.29, 0.717) is 19.5 Å². The highest BCUT2D eigenvalue weighted by atomic mass is 32.2. The minimum atomic E-state index is -5.08. The van der Waals surface area contributed by atoms with Crippen molar-refractivity contribution in [1.29, 1.82) is 0 Å². The van der Waals surface area contributed by atoms with E-state index >= 15 is 0 Å². The summed E-state index contributed by atoms with van der Waals surface area (Å²) in [5.41, 5.74) is 1.77. The number of halogens is 3. The van der Waals surface area contributed by atoms with Crippen molar-refractivity contribution < 1.29 is 36.3 Å². The van der Waals surface area contributed by atoms with Crippen LogP contribution in [0.1, 0.15) is 17.5 Å². The molecule has 4 rings (SSSR count). The molecule has 1 amide bonds. The lowest BCUT2D eigenvalue weighted by Gasteiger charge is -2.17. The first kappa shape index (κ1) is 27.6. The average molecular weight is 537 g/mol. The number of likely N-dealkylation sites (tertiary alicyclic amines) is 1. The van der Waals surface area contributed by atoms with Crippen molar-refractivity contribution in [2.75, 3.05) is 6.54 Å². The summed E-state index contributed by atoms with van der Waals surface area (Å²) < 4.78 is 60.0. The number of alkyl halides is 3. The maximum Gasteiger partial charge on any atom is 0.490 e. The fourth-order valence-corrected chi connectivity index (χ4v) is 4.93. The number of carboxylic acids is 1. The van der Waals surface area contributed by atoms with Gasteiger partial charge in [0.15, 0.2) is 0 Å². The van der Waals surface area contributed by atoms with Crippen molar-refractivity contribution in [3.8, 4) is 0 Å². The van der Waals surface area contributed by atoms with Crippen LogP contribution in [0.25, 0.3) is 10.8 Å². The molecule has 1 atom stereocenters. The smallest absolute Gasteiger partial charge is 0.475 e.